The number of amides is 1. The van der Waals surface area contributed by atoms with E-state index in [2.05, 4.69) is 40.9 Å². The summed E-state index contributed by atoms with van der Waals surface area (Å²) in [6.07, 6.45) is 1.45. The molecule has 132 valence electrons. The van der Waals surface area contributed by atoms with Crippen LogP contribution >= 0.6 is 0 Å². The fraction of sp³-hybridized carbons (Fsp3) is 0.444. The molecule has 0 radical (unpaired) electrons. The number of aromatic amines is 1. The Labute approximate surface area is 146 Å². The van der Waals surface area contributed by atoms with Crippen LogP contribution in [-0.2, 0) is 5.41 Å². The molecule has 3 heterocycles. The second-order valence-corrected chi connectivity index (χ2v) is 7.44. The van der Waals surface area contributed by atoms with Crippen LogP contribution in [0.4, 0.5) is 5.82 Å². The molecule has 0 aromatic carbocycles. The largest absolute Gasteiger partial charge is 0.351 e. The standard InChI is InChI=1S/C18H23N5O2/c1-18(2,3)14-6-7-15(21-20-14)23-10-13(11-23)22(4)17(25)12-5-8-16(24)19-9-12/h5-9,13H,10-11H2,1-4H3,(H,19,24). The van der Waals surface area contributed by atoms with Crippen molar-refractivity contribution in [1.82, 2.24) is 20.1 Å². The summed E-state index contributed by atoms with van der Waals surface area (Å²) in [5.41, 5.74) is 1.20. The maximum Gasteiger partial charge on any atom is 0.255 e. The predicted molar refractivity (Wildman–Crippen MR) is 95.9 cm³/mol. The van der Waals surface area contributed by atoms with Crippen LogP contribution in [0.25, 0.3) is 0 Å². The maximum atomic E-state index is 12.4. The zero-order chi connectivity index (χ0) is 18.2. The summed E-state index contributed by atoms with van der Waals surface area (Å²) >= 11 is 0. The summed E-state index contributed by atoms with van der Waals surface area (Å²) in [5.74, 6) is 0.726. The maximum absolute atomic E-state index is 12.4. The van der Waals surface area contributed by atoms with Gasteiger partial charge in [0.25, 0.3) is 5.91 Å². The van der Waals surface area contributed by atoms with E-state index in [1.165, 1.54) is 12.3 Å². The zero-order valence-electron chi connectivity index (χ0n) is 15.0. The van der Waals surface area contributed by atoms with Gasteiger partial charge in [0.2, 0.25) is 5.56 Å². The molecule has 0 aliphatic carbocycles. The second kappa shape index (κ2) is 6.31. The van der Waals surface area contributed by atoms with Crippen molar-refractivity contribution in [3.8, 4) is 0 Å². The average molecular weight is 341 g/mol. The van der Waals surface area contributed by atoms with Gasteiger partial charge in [0.15, 0.2) is 5.82 Å². The molecule has 1 amide bonds. The van der Waals surface area contributed by atoms with Crippen molar-refractivity contribution in [3.05, 3.63) is 52.1 Å². The number of carbonyl (C=O) groups is 1. The highest BCUT2D eigenvalue weighted by atomic mass is 16.2. The van der Waals surface area contributed by atoms with Gasteiger partial charge in [0.05, 0.1) is 17.3 Å². The van der Waals surface area contributed by atoms with E-state index in [0.29, 0.717) is 5.56 Å². The van der Waals surface area contributed by atoms with Crippen LogP contribution in [0.5, 0.6) is 0 Å². The normalized spacial score (nSPS) is 15.0. The van der Waals surface area contributed by atoms with Gasteiger partial charge in [0.1, 0.15) is 0 Å². The number of anilines is 1. The van der Waals surface area contributed by atoms with Crippen molar-refractivity contribution >= 4 is 11.7 Å². The highest BCUT2D eigenvalue weighted by Gasteiger charge is 2.34. The third kappa shape index (κ3) is 3.55. The summed E-state index contributed by atoms with van der Waals surface area (Å²) < 4.78 is 0. The molecule has 0 atom stereocenters. The molecule has 0 bridgehead atoms. The van der Waals surface area contributed by atoms with E-state index < -0.39 is 0 Å². The molecule has 1 fully saturated rings. The first-order valence-electron chi connectivity index (χ1n) is 8.31. The molecule has 7 heteroatoms. The molecule has 0 unspecified atom stereocenters. The molecule has 0 saturated carbocycles. The molecule has 1 N–H and O–H groups in total. The quantitative estimate of drug-likeness (QED) is 0.913. The Balaban J connectivity index is 1.61. The zero-order valence-corrected chi connectivity index (χ0v) is 15.0. The lowest BCUT2D eigenvalue weighted by Crippen LogP contribution is -2.60. The summed E-state index contributed by atoms with van der Waals surface area (Å²) in [6.45, 7) is 7.75. The number of nitrogens with zero attached hydrogens (tertiary/aromatic N) is 4. The Bertz CT molecular complexity index is 796. The van der Waals surface area contributed by atoms with Crippen molar-refractivity contribution < 1.29 is 4.79 Å². The van der Waals surface area contributed by atoms with Crippen molar-refractivity contribution in [2.45, 2.75) is 32.2 Å². The van der Waals surface area contributed by atoms with Crippen LogP contribution in [0.3, 0.4) is 0 Å². The van der Waals surface area contributed by atoms with Crippen LogP contribution in [0, 0.1) is 0 Å². The number of pyridine rings is 1. The summed E-state index contributed by atoms with van der Waals surface area (Å²) in [4.78, 5) is 29.9. The number of carbonyl (C=O) groups excluding carboxylic acids is 1. The van der Waals surface area contributed by atoms with E-state index in [4.69, 9.17) is 0 Å². The SMILES string of the molecule is CN(C(=O)c1ccc(=O)[nH]c1)C1CN(c2ccc(C(C)(C)C)nn2)C1. The van der Waals surface area contributed by atoms with E-state index in [1.54, 1.807) is 18.0 Å². The van der Waals surface area contributed by atoms with Gasteiger partial charge in [0, 0.05) is 37.8 Å². The van der Waals surface area contributed by atoms with Gasteiger partial charge in [-0.15, -0.1) is 5.10 Å². The van der Waals surface area contributed by atoms with E-state index in [1.807, 2.05) is 12.1 Å². The molecule has 0 spiro atoms. The number of hydrogen-bond acceptors (Lipinski definition) is 5. The van der Waals surface area contributed by atoms with E-state index in [9.17, 15) is 9.59 Å². The molecule has 1 aliphatic rings. The molecule has 25 heavy (non-hydrogen) atoms. The number of H-pyrrole nitrogens is 1. The number of nitrogens with one attached hydrogen (secondary N) is 1. The summed E-state index contributed by atoms with van der Waals surface area (Å²) in [5, 5.41) is 8.61. The smallest absolute Gasteiger partial charge is 0.255 e. The van der Waals surface area contributed by atoms with Gasteiger partial charge in [-0.2, -0.15) is 5.10 Å². The molecule has 1 aliphatic heterocycles. The lowest BCUT2D eigenvalue weighted by Gasteiger charge is -2.44. The number of likely N-dealkylation sites (N-methyl/N-ethyl adjacent to an activating group) is 1. The molecule has 2 aromatic rings. The number of hydrogen-bond donors (Lipinski definition) is 1. The molecule has 3 rings (SSSR count). The third-order valence-corrected chi connectivity index (χ3v) is 4.50. The Hall–Kier alpha value is -2.70. The Morgan fingerprint density at radius 2 is 1.92 bits per heavy atom. The molecule has 7 nitrogen and oxygen atoms in total. The Kier molecular flexibility index (Phi) is 4.32. The lowest BCUT2D eigenvalue weighted by molar-refractivity contribution is 0.0704. The van der Waals surface area contributed by atoms with Gasteiger partial charge in [-0.3, -0.25) is 9.59 Å². The van der Waals surface area contributed by atoms with Gasteiger partial charge in [-0.25, -0.2) is 0 Å². The van der Waals surface area contributed by atoms with Crippen LogP contribution in [0.15, 0.2) is 35.3 Å². The fourth-order valence-corrected chi connectivity index (χ4v) is 2.69. The molecule has 1 saturated heterocycles. The average Bonchev–Trinajstić information content (AvgIpc) is 2.53. The highest BCUT2D eigenvalue weighted by Crippen LogP contribution is 2.24. The lowest BCUT2D eigenvalue weighted by atomic mass is 9.92. The van der Waals surface area contributed by atoms with Crippen LogP contribution in [-0.4, -0.2) is 52.2 Å². The first-order valence-corrected chi connectivity index (χ1v) is 8.31. The molecular formula is C18H23N5O2. The van der Waals surface area contributed by atoms with Crippen LogP contribution < -0.4 is 10.5 Å². The molecular weight excluding hydrogens is 318 g/mol. The van der Waals surface area contributed by atoms with E-state index in [0.717, 1.165) is 24.6 Å². The molecule has 2 aromatic heterocycles. The Morgan fingerprint density at radius 1 is 1.20 bits per heavy atom. The minimum atomic E-state index is -0.216. The topological polar surface area (TPSA) is 82.2 Å². The van der Waals surface area contributed by atoms with Crippen molar-refractivity contribution in [1.29, 1.82) is 0 Å². The van der Waals surface area contributed by atoms with E-state index in [-0.39, 0.29) is 22.9 Å². The summed E-state index contributed by atoms with van der Waals surface area (Å²) in [6, 6.07) is 7.01. The number of rotatable bonds is 3. The van der Waals surface area contributed by atoms with Gasteiger partial charge in [-0.05, 0) is 18.2 Å². The highest BCUT2D eigenvalue weighted by molar-refractivity contribution is 5.94. The third-order valence-electron chi connectivity index (χ3n) is 4.50. The van der Waals surface area contributed by atoms with Crippen LogP contribution in [0.2, 0.25) is 0 Å². The van der Waals surface area contributed by atoms with Crippen LogP contribution in [0.1, 0.15) is 36.8 Å². The number of aromatic nitrogens is 3. The van der Waals surface area contributed by atoms with Gasteiger partial charge in [-0.1, -0.05) is 20.8 Å². The predicted octanol–water partition coefficient (Wildman–Crippen LogP) is 1.42. The second-order valence-electron chi connectivity index (χ2n) is 7.44. The van der Waals surface area contributed by atoms with Gasteiger partial charge < -0.3 is 14.8 Å². The van der Waals surface area contributed by atoms with Crippen molar-refractivity contribution in [3.63, 3.8) is 0 Å². The van der Waals surface area contributed by atoms with Crippen molar-refractivity contribution in [2.24, 2.45) is 0 Å². The summed E-state index contributed by atoms with van der Waals surface area (Å²) in [7, 11) is 1.78. The van der Waals surface area contributed by atoms with E-state index >= 15 is 0 Å². The minimum absolute atomic E-state index is 0.0215. The van der Waals surface area contributed by atoms with Crippen molar-refractivity contribution in [2.75, 3.05) is 25.0 Å². The first-order chi connectivity index (χ1) is 11.8. The van der Waals surface area contributed by atoms with Gasteiger partial charge >= 0.3 is 0 Å². The monoisotopic (exact) mass is 341 g/mol. The Morgan fingerprint density at radius 3 is 2.44 bits per heavy atom. The first kappa shape index (κ1) is 17.1. The minimum Gasteiger partial charge on any atom is -0.351 e. The fourth-order valence-electron chi connectivity index (χ4n) is 2.69.